The van der Waals surface area contributed by atoms with Gasteiger partial charge in [-0.25, -0.2) is 0 Å². The van der Waals surface area contributed by atoms with E-state index in [0.29, 0.717) is 27.8 Å². The first-order chi connectivity index (χ1) is 11.9. The predicted octanol–water partition coefficient (Wildman–Crippen LogP) is 3.06. The average Bonchev–Trinajstić information content (AvgIpc) is 3.03. The molecule has 0 aromatic heterocycles. The molecule has 25 heavy (non-hydrogen) atoms. The molecule has 0 saturated carbocycles. The van der Waals surface area contributed by atoms with Crippen LogP contribution in [0.3, 0.4) is 0 Å². The molecule has 0 saturated heterocycles. The molecule has 0 radical (unpaired) electrons. The first-order valence-corrected chi connectivity index (χ1v) is 8.17. The molecule has 4 N–H and O–H groups in total. The number of amides is 2. The standard InChI is InChI=1S/C18H17ClN2O4/c1-9-7-10(21-18(24)17(20)23)8-13(19)16(9)25-15-6-5-14(22)11-3-2-4-12(11)15/h5-8,22H,2-4H2,1H3,(H2,20,23)(H,21,24). The van der Waals surface area contributed by atoms with Crippen LogP contribution >= 0.6 is 11.6 Å². The molecular formula is C18H17ClN2O4. The minimum Gasteiger partial charge on any atom is -0.508 e. The summed E-state index contributed by atoms with van der Waals surface area (Å²) in [5, 5.41) is 12.6. The zero-order valence-electron chi connectivity index (χ0n) is 13.6. The summed E-state index contributed by atoms with van der Waals surface area (Å²) in [5.41, 5.74) is 7.87. The summed E-state index contributed by atoms with van der Waals surface area (Å²) in [7, 11) is 0. The molecule has 1 aliphatic carbocycles. The van der Waals surface area contributed by atoms with Crippen LogP contribution in [-0.2, 0) is 22.4 Å². The Labute approximate surface area is 149 Å². The van der Waals surface area contributed by atoms with Crippen LogP contribution in [0.5, 0.6) is 17.2 Å². The van der Waals surface area contributed by atoms with Crippen molar-refractivity contribution < 1.29 is 19.4 Å². The topological polar surface area (TPSA) is 102 Å². The summed E-state index contributed by atoms with van der Waals surface area (Å²) in [6, 6.07) is 6.47. The van der Waals surface area contributed by atoms with E-state index in [2.05, 4.69) is 5.32 Å². The molecule has 0 fully saturated rings. The Bertz CT molecular complexity index is 857. The van der Waals surface area contributed by atoms with E-state index < -0.39 is 11.8 Å². The van der Waals surface area contributed by atoms with Gasteiger partial charge in [0.2, 0.25) is 0 Å². The van der Waals surface area contributed by atoms with Gasteiger partial charge in [0, 0.05) is 16.8 Å². The van der Waals surface area contributed by atoms with Gasteiger partial charge >= 0.3 is 11.8 Å². The SMILES string of the molecule is Cc1cc(NC(=O)C(N)=O)cc(Cl)c1Oc1ccc(O)c2c1CCC2. The molecule has 0 spiro atoms. The Balaban J connectivity index is 1.91. The van der Waals surface area contributed by atoms with Gasteiger partial charge in [-0.15, -0.1) is 0 Å². The molecule has 0 aliphatic heterocycles. The van der Waals surface area contributed by atoms with Crippen LogP contribution in [0.1, 0.15) is 23.1 Å². The average molecular weight is 361 g/mol. The van der Waals surface area contributed by atoms with Gasteiger partial charge in [0.1, 0.15) is 17.2 Å². The van der Waals surface area contributed by atoms with Gasteiger partial charge in [0.25, 0.3) is 0 Å². The minimum absolute atomic E-state index is 0.284. The summed E-state index contributed by atoms with van der Waals surface area (Å²) >= 11 is 6.29. The largest absolute Gasteiger partial charge is 0.508 e. The first-order valence-electron chi connectivity index (χ1n) is 7.79. The number of primary amides is 1. The van der Waals surface area contributed by atoms with Crippen molar-refractivity contribution in [2.24, 2.45) is 5.73 Å². The highest BCUT2D eigenvalue weighted by Crippen LogP contribution is 2.41. The summed E-state index contributed by atoms with van der Waals surface area (Å²) in [4.78, 5) is 22.2. The number of fused-ring (bicyclic) bond motifs is 1. The van der Waals surface area contributed by atoms with E-state index >= 15 is 0 Å². The molecule has 0 bridgehead atoms. The van der Waals surface area contributed by atoms with Crippen molar-refractivity contribution in [1.82, 2.24) is 0 Å². The number of nitrogens with one attached hydrogen (secondary N) is 1. The number of ether oxygens (including phenoxy) is 1. The van der Waals surface area contributed by atoms with E-state index in [4.69, 9.17) is 22.1 Å². The molecule has 2 aromatic rings. The van der Waals surface area contributed by atoms with Crippen molar-refractivity contribution >= 4 is 29.1 Å². The van der Waals surface area contributed by atoms with Crippen molar-refractivity contribution in [3.63, 3.8) is 0 Å². The number of aromatic hydroxyl groups is 1. The number of hydrogen-bond acceptors (Lipinski definition) is 4. The number of carbonyl (C=O) groups is 2. The second-order valence-electron chi connectivity index (χ2n) is 5.92. The van der Waals surface area contributed by atoms with E-state index in [1.807, 2.05) is 0 Å². The van der Waals surface area contributed by atoms with Crippen molar-refractivity contribution in [1.29, 1.82) is 0 Å². The van der Waals surface area contributed by atoms with Crippen molar-refractivity contribution in [3.05, 3.63) is 46.0 Å². The van der Waals surface area contributed by atoms with E-state index in [1.54, 1.807) is 25.1 Å². The van der Waals surface area contributed by atoms with Crippen LogP contribution in [0.4, 0.5) is 5.69 Å². The van der Waals surface area contributed by atoms with Crippen molar-refractivity contribution in [2.45, 2.75) is 26.2 Å². The molecule has 3 rings (SSSR count). The fourth-order valence-corrected chi connectivity index (χ4v) is 3.29. The van der Waals surface area contributed by atoms with Crippen molar-refractivity contribution in [3.8, 4) is 17.2 Å². The van der Waals surface area contributed by atoms with Crippen LogP contribution in [0, 0.1) is 6.92 Å². The third kappa shape index (κ3) is 3.39. The van der Waals surface area contributed by atoms with E-state index in [9.17, 15) is 14.7 Å². The van der Waals surface area contributed by atoms with Crippen LogP contribution in [0.15, 0.2) is 24.3 Å². The van der Waals surface area contributed by atoms with Crippen LogP contribution in [0.25, 0.3) is 0 Å². The molecule has 7 heteroatoms. The number of anilines is 1. The molecule has 1 aliphatic rings. The van der Waals surface area contributed by atoms with Gasteiger partial charge in [-0.1, -0.05) is 11.6 Å². The Kier molecular flexibility index (Phi) is 4.55. The van der Waals surface area contributed by atoms with Crippen LogP contribution in [-0.4, -0.2) is 16.9 Å². The maximum atomic E-state index is 11.4. The molecule has 0 atom stereocenters. The summed E-state index contributed by atoms with van der Waals surface area (Å²) in [6.45, 7) is 1.78. The maximum absolute atomic E-state index is 11.4. The normalized spacial score (nSPS) is 12.6. The zero-order valence-corrected chi connectivity index (χ0v) is 14.3. The quantitative estimate of drug-likeness (QED) is 0.732. The zero-order chi connectivity index (χ0) is 18.1. The Hall–Kier alpha value is -2.73. The summed E-state index contributed by atoms with van der Waals surface area (Å²) < 4.78 is 6.00. The third-order valence-corrected chi connectivity index (χ3v) is 4.42. The molecule has 0 heterocycles. The second kappa shape index (κ2) is 6.64. The summed E-state index contributed by atoms with van der Waals surface area (Å²) in [6.07, 6.45) is 2.62. The fraction of sp³-hybridized carbons (Fsp3) is 0.222. The van der Waals surface area contributed by atoms with Gasteiger partial charge in [-0.3, -0.25) is 9.59 Å². The lowest BCUT2D eigenvalue weighted by atomic mass is 10.1. The Morgan fingerprint density at radius 3 is 2.64 bits per heavy atom. The van der Waals surface area contributed by atoms with Gasteiger partial charge in [0.15, 0.2) is 0 Å². The number of phenols is 1. The van der Waals surface area contributed by atoms with Gasteiger partial charge in [-0.05, 0) is 56.0 Å². The highest BCUT2D eigenvalue weighted by molar-refractivity contribution is 6.39. The molecule has 2 aromatic carbocycles. The first kappa shape index (κ1) is 17.1. The monoisotopic (exact) mass is 360 g/mol. The molecule has 6 nitrogen and oxygen atoms in total. The molecular weight excluding hydrogens is 344 g/mol. The minimum atomic E-state index is -1.08. The number of halogens is 1. The summed E-state index contributed by atoms with van der Waals surface area (Å²) in [5.74, 6) is -0.593. The van der Waals surface area contributed by atoms with Gasteiger partial charge in [-0.2, -0.15) is 0 Å². The number of phenolic OH excluding ortho intramolecular Hbond substituents is 1. The second-order valence-corrected chi connectivity index (χ2v) is 6.33. The smallest absolute Gasteiger partial charge is 0.313 e. The number of aryl methyl sites for hydroxylation is 1. The lowest BCUT2D eigenvalue weighted by Crippen LogP contribution is -2.29. The lowest BCUT2D eigenvalue weighted by Gasteiger charge is -2.16. The number of hydrogen-bond donors (Lipinski definition) is 3. The van der Waals surface area contributed by atoms with E-state index in [0.717, 1.165) is 30.4 Å². The van der Waals surface area contributed by atoms with Gasteiger partial charge < -0.3 is 20.9 Å². The van der Waals surface area contributed by atoms with Crippen molar-refractivity contribution in [2.75, 3.05) is 5.32 Å². The van der Waals surface area contributed by atoms with E-state index in [-0.39, 0.29) is 5.75 Å². The van der Waals surface area contributed by atoms with Crippen LogP contribution < -0.4 is 15.8 Å². The predicted molar refractivity (Wildman–Crippen MR) is 94.2 cm³/mol. The number of benzene rings is 2. The fourth-order valence-electron chi connectivity index (χ4n) is 2.98. The Morgan fingerprint density at radius 1 is 1.24 bits per heavy atom. The molecule has 0 unspecified atom stereocenters. The lowest BCUT2D eigenvalue weighted by molar-refractivity contribution is -0.134. The van der Waals surface area contributed by atoms with Gasteiger partial charge in [0.05, 0.1) is 5.02 Å². The number of rotatable bonds is 3. The number of nitrogens with two attached hydrogens (primary N) is 1. The maximum Gasteiger partial charge on any atom is 0.313 e. The highest BCUT2D eigenvalue weighted by Gasteiger charge is 2.21. The number of carbonyl (C=O) groups excluding carboxylic acids is 2. The third-order valence-electron chi connectivity index (χ3n) is 4.14. The Morgan fingerprint density at radius 2 is 1.96 bits per heavy atom. The molecule has 2 amide bonds. The van der Waals surface area contributed by atoms with Crippen LogP contribution in [0.2, 0.25) is 5.02 Å². The van der Waals surface area contributed by atoms with E-state index in [1.165, 1.54) is 6.07 Å². The molecule has 130 valence electrons. The highest BCUT2D eigenvalue weighted by atomic mass is 35.5.